The van der Waals surface area contributed by atoms with Gasteiger partial charge >= 0.3 is 5.97 Å². The van der Waals surface area contributed by atoms with Crippen LogP contribution >= 0.6 is 0 Å². The molecule has 0 aliphatic rings. The topological polar surface area (TPSA) is 66.8 Å². The second kappa shape index (κ2) is 4.97. The van der Waals surface area contributed by atoms with E-state index in [4.69, 9.17) is 9.84 Å². The number of carboxylic acid groups (broad SMARTS) is 1. The lowest BCUT2D eigenvalue weighted by molar-refractivity contribution is 0.0696. The van der Waals surface area contributed by atoms with Crippen LogP contribution in [0.2, 0.25) is 0 Å². The highest BCUT2D eigenvalue weighted by Crippen LogP contribution is 2.29. The van der Waals surface area contributed by atoms with E-state index < -0.39 is 11.8 Å². The minimum Gasteiger partial charge on any atom is -0.508 e. The molecule has 0 spiro atoms. The van der Waals surface area contributed by atoms with E-state index in [1.165, 1.54) is 31.4 Å². The second-order valence-corrected chi connectivity index (χ2v) is 3.95. The normalized spacial score (nSPS) is 10.2. The maximum Gasteiger partial charge on any atom is 0.335 e. The summed E-state index contributed by atoms with van der Waals surface area (Å²) in [6.07, 6.45) is 0. The molecular formula is C14H11FO4. The smallest absolute Gasteiger partial charge is 0.335 e. The van der Waals surface area contributed by atoms with Crippen molar-refractivity contribution >= 4 is 5.97 Å². The number of aromatic hydroxyl groups is 1. The van der Waals surface area contributed by atoms with Crippen LogP contribution in [0.4, 0.5) is 4.39 Å². The van der Waals surface area contributed by atoms with Gasteiger partial charge in [0.25, 0.3) is 0 Å². The third kappa shape index (κ3) is 2.82. The number of phenols is 1. The Morgan fingerprint density at radius 1 is 1.11 bits per heavy atom. The molecule has 2 aromatic rings. The molecule has 0 saturated carbocycles. The summed E-state index contributed by atoms with van der Waals surface area (Å²) in [5, 5.41) is 18.4. The monoisotopic (exact) mass is 262 g/mol. The fourth-order valence-electron chi connectivity index (χ4n) is 1.75. The zero-order chi connectivity index (χ0) is 14.0. The van der Waals surface area contributed by atoms with Crippen molar-refractivity contribution in [2.45, 2.75) is 0 Å². The van der Waals surface area contributed by atoms with Crippen LogP contribution in [0.15, 0.2) is 36.4 Å². The number of benzene rings is 2. The standard InChI is InChI=1S/C14H11FO4/c1-19-13-5-8(2-10(6-13)14(17)18)9-3-11(15)7-12(16)4-9/h2-7,16H,1H3,(H,17,18). The molecule has 0 bridgehead atoms. The first-order chi connectivity index (χ1) is 8.99. The second-order valence-electron chi connectivity index (χ2n) is 3.95. The van der Waals surface area contributed by atoms with Gasteiger partial charge in [0.2, 0.25) is 0 Å². The Hall–Kier alpha value is -2.56. The van der Waals surface area contributed by atoms with E-state index in [9.17, 15) is 14.3 Å². The van der Waals surface area contributed by atoms with Gasteiger partial charge in [-0.3, -0.25) is 0 Å². The molecule has 2 aromatic carbocycles. The molecule has 0 aliphatic heterocycles. The van der Waals surface area contributed by atoms with E-state index in [0.717, 1.165) is 6.07 Å². The average Bonchev–Trinajstić information content (AvgIpc) is 2.37. The van der Waals surface area contributed by atoms with E-state index in [2.05, 4.69) is 0 Å². The highest BCUT2D eigenvalue weighted by atomic mass is 19.1. The number of methoxy groups -OCH3 is 1. The number of phenolic OH excluding ortho intramolecular Hbond substituents is 1. The lowest BCUT2D eigenvalue weighted by Gasteiger charge is -2.08. The predicted octanol–water partition coefficient (Wildman–Crippen LogP) is 2.91. The van der Waals surface area contributed by atoms with Gasteiger partial charge in [-0.15, -0.1) is 0 Å². The average molecular weight is 262 g/mol. The Morgan fingerprint density at radius 2 is 1.79 bits per heavy atom. The third-order valence-corrected chi connectivity index (χ3v) is 2.61. The molecule has 2 N–H and O–H groups in total. The van der Waals surface area contributed by atoms with Crippen LogP contribution in [-0.4, -0.2) is 23.3 Å². The summed E-state index contributed by atoms with van der Waals surface area (Å²) in [5.74, 6) is -1.59. The Morgan fingerprint density at radius 3 is 2.37 bits per heavy atom. The number of carbonyl (C=O) groups is 1. The van der Waals surface area contributed by atoms with Crippen molar-refractivity contribution in [1.82, 2.24) is 0 Å². The van der Waals surface area contributed by atoms with Crippen LogP contribution in [0, 0.1) is 5.82 Å². The van der Waals surface area contributed by atoms with Gasteiger partial charge < -0.3 is 14.9 Å². The number of halogens is 1. The van der Waals surface area contributed by atoms with Crippen molar-refractivity contribution < 1.29 is 24.1 Å². The molecule has 0 atom stereocenters. The summed E-state index contributed by atoms with van der Waals surface area (Å²) in [5.41, 5.74) is 0.851. The van der Waals surface area contributed by atoms with Crippen molar-refractivity contribution in [2.24, 2.45) is 0 Å². The van der Waals surface area contributed by atoms with E-state index in [1.54, 1.807) is 6.07 Å². The van der Waals surface area contributed by atoms with Crippen molar-refractivity contribution in [3.8, 4) is 22.6 Å². The molecule has 0 fully saturated rings. The summed E-state index contributed by atoms with van der Waals surface area (Å²) in [7, 11) is 1.41. The fourth-order valence-corrected chi connectivity index (χ4v) is 1.75. The van der Waals surface area contributed by atoms with Gasteiger partial charge in [0.15, 0.2) is 0 Å². The van der Waals surface area contributed by atoms with Crippen LogP contribution in [0.5, 0.6) is 11.5 Å². The number of hydrogen-bond acceptors (Lipinski definition) is 3. The molecule has 0 amide bonds. The van der Waals surface area contributed by atoms with Gasteiger partial charge in [0.1, 0.15) is 17.3 Å². The number of rotatable bonds is 3. The van der Waals surface area contributed by atoms with Crippen molar-refractivity contribution in [3.05, 3.63) is 47.8 Å². The molecule has 19 heavy (non-hydrogen) atoms. The van der Waals surface area contributed by atoms with Gasteiger partial charge in [-0.2, -0.15) is 0 Å². The van der Waals surface area contributed by atoms with E-state index in [0.29, 0.717) is 16.9 Å². The molecule has 0 aliphatic carbocycles. The van der Waals surface area contributed by atoms with Crippen LogP contribution in [0.3, 0.4) is 0 Å². The maximum atomic E-state index is 13.2. The van der Waals surface area contributed by atoms with Crippen molar-refractivity contribution in [1.29, 1.82) is 0 Å². The number of aromatic carboxylic acids is 1. The summed E-state index contributed by atoms with van der Waals surface area (Å²) in [6, 6.07) is 7.86. The first kappa shape index (κ1) is 12.9. The molecule has 0 aromatic heterocycles. The zero-order valence-electron chi connectivity index (χ0n) is 10.1. The Bertz CT molecular complexity index is 617. The van der Waals surface area contributed by atoms with Gasteiger partial charge in [-0.25, -0.2) is 9.18 Å². The van der Waals surface area contributed by atoms with Gasteiger partial charge in [-0.1, -0.05) is 0 Å². The molecule has 98 valence electrons. The SMILES string of the molecule is COc1cc(C(=O)O)cc(-c2cc(O)cc(F)c2)c1. The maximum absolute atomic E-state index is 13.2. The third-order valence-electron chi connectivity index (χ3n) is 2.61. The summed E-state index contributed by atoms with van der Waals surface area (Å²) < 4.78 is 18.3. The highest BCUT2D eigenvalue weighted by Gasteiger charge is 2.10. The van der Waals surface area contributed by atoms with E-state index in [1.807, 2.05) is 0 Å². The van der Waals surface area contributed by atoms with Crippen LogP contribution < -0.4 is 4.74 Å². The molecule has 0 saturated heterocycles. The largest absolute Gasteiger partial charge is 0.508 e. The zero-order valence-corrected chi connectivity index (χ0v) is 10.1. The van der Waals surface area contributed by atoms with Gasteiger partial charge in [0.05, 0.1) is 12.7 Å². The summed E-state index contributed by atoms with van der Waals surface area (Å²) >= 11 is 0. The Kier molecular flexibility index (Phi) is 3.37. The van der Waals surface area contributed by atoms with Crippen LogP contribution in [0.1, 0.15) is 10.4 Å². The molecule has 0 heterocycles. The number of ether oxygens (including phenoxy) is 1. The molecule has 0 unspecified atom stereocenters. The molecule has 5 heteroatoms. The molecule has 2 rings (SSSR count). The Labute approximate surface area is 108 Å². The van der Waals surface area contributed by atoms with E-state index >= 15 is 0 Å². The quantitative estimate of drug-likeness (QED) is 0.892. The van der Waals surface area contributed by atoms with Gasteiger partial charge in [0, 0.05) is 6.07 Å². The number of carboxylic acids is 1. The van der Waals surface area contributed by atoms with Crippen molar-refractivity contribution in [3.63, 3.8) is 0 Å². The summed E-state index contributed by atoms with van der Waals surface area (Å²) in [4.78, 5) is 11.0. The number of hydrogen-bond donors (Lipinski definition) is 2. The van der Waals surface area contributed by atoms with E-state index in [-0.39, 0.29) is 11.3 Å². The first-order valence-corrected chi connectivity index (χ1v) is 5.42. The van der Waals surface area contributed by atoms with Crippen molar-refractivity contribution in [2.75, 3.05) is 7.11 Å². The minimum absolute atomic E-state index is 0.0260. The fraction of sp³-hybridized carbons (Fsp3) is 0.0714. The lowest BCUT2D eigenvalue weighted by Crippen LogP contribution is -1.98. The molecular weight excluding hydrogens is 251 g/mol. The van der Waals surface area contributed by atoms with Gasteiger partial charge in [-0.05, 0) is 41.5 Å². The summed E-state index contributed by atoms with van der Waals surface area (Å²) in [6.45, 7) is 0. The van der Waals surface area contributed by atoms with Crippen LogP contribution in [-0.2, 0) is 0 Å². The Balaban J connectivity index is 2.60. The lowest BCUT2D eigenvalue weighted by atomic mass is 10.0. The minimum atomic E-state index is -1.11. The predicted molar refractivity (Wildman–Crippen MR) is 67.0 cm³/mol. The first-order valence-electron chi connectivity index (χ1n) is 5.42. The highest BCUT2D eigenvalue weighted by molar-refractivity contribution is 5.90. The molecule has 4 nitrogen and oxygen atoms in total. The van der Waals surface area contributed by atoms with Crippen LogP contribution in [0.25, 0.3) is 11.1 Å². The molecule has 0 radical (unpaired) electrons.